The molecule has 0 aliphatic carbocycles. The fourth-order valence-corrected chi connectivity index (χ4v) is 4.63. The van der Waals surface area contributed by atoms with Crippen LogP contribution in [0.25, 0.3) is 0 Å². The van der Waals surface area contributed by atoms with Crippen LogP contribution in [0.2, 0.25) is 0 Å². The van der Waals surface area contributed by atoms with Crippen LogP contribution in [0.5, 0.6) is 0 Å². The van der Waals surface area contributed by atoms with Crippen molar-refractivity contribution in [3.63, 3.8) is 0 Å². The molecule has 0 aromatic heterocycles. The fourth-order valence-electron chi connectivity index (χ4n) is 3.13. The lowest BCUT2D eigenvalue weighted by Gasteiger charge is -2.43. The van der Waals surface area contributed by atoms with Gasteiger partial charge in [-0.15, -0.1) is 11.8 Å². The number of rotatable bonds is 8. The van der Waals surface area contributed by atoms with Crippen LogP contribution in [0.1, 0.15) is 66.2 Å². The van der Waals surface area contributed by atoms with Crippen molar-refractivity contribution in [1.82, 2.24) is 10.2 Å². The second kappa shape index (κ2) is 6.74. The van der Waals surface area contributed by atoms with E-state index in [1.54, 1.807) is 0 Å². The van der Waals surface area contributed by atoms with Crippen molar-refractivity contribution < 1.29 is 4.79 Å². The SMILES string of the molecule is C=C1N2C(=O)[C@@H](NC(C)CCCCCCC)[C@H]2SC1(C)C. The number of hydrogen-bond donors (Lipinski definition) is 1. The second-order valence-electron chi connectivity index (χ2n) is 6.92. The summed E-state index contributed by atoms with van der Waals surface area (Å²) in [4.78, 5) is 14.2. The Bertz CT molecular complexity index is 408. The number of amides is 1. The van der Waals surface area contributed by atoms with E-state index in [1.807, 2.05) is 16.7 Å². The highest BCUT2D eigenvalue weighted by atomic mass is 32.2. The summed E-state index contributed by atoms with van der Waals surface area (Å²) >= 11 is 1.86. The van der Waals surface area contributed by atoms with Crippen LogP contribution in [0.15, 0.2) is 12.3 Å². The monoisotopic (exact) mass is 310 g/mol. The highest BCUT2D eigenvalue weighted by Gasteiger charge is 2.58. The van der Waals surface area contributed by atoms with E-state index < -0.39 is 0 Å². The minimum atomic E-state index is -0.0147. The molecule has 0 bridgehead atoms. The zero-order chi connectivity index (χ0) is 15.6. The fraction of sp³-hybridized carbons (Fsp3) is 0.824. The van der Waals surface area contributed by atoms with Crippen LogP contribution in [0, 0.1) is 0 Å². The quantitative estimate of drug-likeness (QED) is 0.545. The van der Waals surface area contributed by atoms with Gasteiger partial charge < -0.3 is 5.32 Å². The third kappa shape index (κ3) is 3.48. The first-order chi connectivity index (χ1) is 9.88. The Morgan fingerprint density at radius 1 is 1.33 bits per heavy atom. The Labute approximate surface area is 133 Å². The van der Waals surface area contributed by atoms with Gasteiger partial charge in [0.2, 0.25) is 5.91 Å². The van der Waals surface area contributed by atoms with Crippen molar-refractivity contribution in [2.24, 2.45) is 0 Å². The molecule has 0 aromatic rings. The molecule has 2 aliphatic heterocycles. The summed E-state index contributed by atoms with van der Waals surface area (Å²) in [6, 6.07) is 0.402. The van der Waals surface area contributed by atoms with E-state index in [4.69, 9.17) is 0 Å². The zero-order valence-electron chi connectivity index (χ0n) is 13.9. The van der Waals surface area contributed by atoms with E-state index in [0.29, 0.717) is 6.04 Å². The molecule has 4 heteroatoms. The standard InChI is InChI=1S/C17H30N2OS/c1-6-7-8-9-10-11-12(2)18-14-15(20)19-13(3)17(4,5)21-16(14)19/h12,14,16,18H,3,6-11H2,1-2,4-5H3/t12?,14-,16-/m1/s1. The van der Waals surface area contributed by atoms with Gasteiger partial charge in [0.05, 0.1) is 4.75 Å². The Kier molecular flexibility index (Phi) is 5.42. The number of fused-ring (bicyclic) bond motifs is 1. The molecule has 3 atom stereocenters. The summed E-state index contributed by atoms with van der Waals surface area (Å²) in [5.74, 6) is 0.209. The van der Waals surface area contributed by atoms with Gasteiger partial charge in [0.25, 0.3) is 0 Å². The molecule has 1 unspecified atom stereocenters. The molecule has 21 heavy (non-hydrogen) atoms. The van der Waals surface area contributed by atoms with Gasteiger partial charge in [-0.25, -0.2) is 0 Å². The van der Waals surface area contributed by atoms with E-state index >= 15 is 0 Å². The number of nitrogens with zero attached hydrogens (tertiary/aromatic N) is 1. The first-order valence-corrected chi connectivity index (χ1v) is 9.22. The first-order valence-electron chi connectivity index (χ1n) is 8.34. The number of thioether (sulfide) groups is 1. The third-order valence-electron chi connectivity index (χ3n) is 4.65. The van der Waals surface area contributed by atoms with Crippen molar-refractivity contribution in [2.75, 3.05) is 0 Å². The molecule has 1 N–H and O–H groups in total. The topological polar surface area (TPSA) is 32.3 Å². The van der Waals surface area contributed by atoms with Crippen molar-refractivity contribution in [2.45, 2.75) is 88.4 Å². The Morgan fingerprint density at radius 2 is 2.00 bits per heavy atom. The molecule has 2 heterocycles. The Hall–Kier alpha value is -0.480. The van der Waals surface area contributed by atoms with Crippen LogP contribution in [0.4, 0.5) is 0 Å². The maximum atomic E-state index is 12.3. The van der Waals surface area contributed by atoms with E-state index in [-0.39, 0.29) is 22.1 Å². The molecule has 2 saturated heterocycles. The van der Waals surface area contributed by atoms with E-state index in [1.165, 1.54) is 32.1 Å². The lowest BCUT2D eigenvalue weighted by atomic mass is 10.00. The molecule has 120 valence electrons. The zero-order valence-corrected chi connectivity index (χ0v) is 14.8. The summed E-state index contributed by atoms with van der Waals surface area (Å²) in [5.41, 5.74) is 0.966. The molecular weight excluding hydrogens is 280 g/mol. The molecular formula is C17H30N2OS. The van der Waals surface area contributed by atoms with Crippen LogP contribution in [0.3, 0.4) is 0 Å². The van der Waals surface area contributed by atoms with E-state index in [2.05, 4.69) is 39.6 Å². The van der Waals surface area contributed by atoms with Gasteiger partial charge in [-0.3, -0.25) is 9.69 Å². The number of carbonyl (C=O) groups excluding carboxylic acids is 1. The molecule has 3 nitrogen and oxygen atoms in total. The first kappa shape index (κ1) is 16.9. The summed E-state index contributed by atoms with van der Waals surface area (Å²) in [5, 5.41) is 3.79. The van der Waals surface area contributed by atoms with Gasteiger partial charge in [0.1, 0.15) is 11.4 Å². The third-order valence-corrected chi connectivity index (χ3v) is 6.20. The molecule has 0 saturated carbocycles. The van der Waals surface area contributed by atoms with E-state index in [9.17, 15) is 4.79 Å². The normalized spacial score (nSPS) is 28.5. The number of hydrogen-bond acceptors (Lipinski definition) is 3. The van der Waals surface area contributed by atoms with Crippen molar-refractivity contribution in [1.29, 1.82) is 0 Å². The number of unbranched alkanes of at least 4 members (excludes halogenated alkanes) is 4. The predicted molar refractivity (Wildman–Crippen MR) is 91.2 cm³/mol. The lowest BCUT2D eigenvalue weighted by Crippen LogP contribution is -2.67. The van der Waals surface area contributed by atoms with Crippen molar-refractivity contribution in [3.8, 4) is 0 Å². The van der Waals surface area contributed by atoms with Gasteiger partial charge in [0, 0.05) is 11.7 Å². The van der Waals surface area contributed by atoms with Crippen LogP contribution in [-0.2, 0) is 4.79 Å². The minimum Gasteiger partial charge on any atom is -0.301 e. The molecule has 2 fully saturated rings. The second-order valence-corrected chi connectivity index (χ2v) is 8.66. The van der Waals surface area contributed by atoms with Crippen LogP contribution >= 0.6 is 11.8 Å². The van der Waals surface area contributed by atoms with Gasteiger partial charge in [0.15, 0.2) is 0 Å². The summed E-state index contributed by atoms with van der Waals surface area (Å²) in [6.45, 7) is 12.8. The Balaban J connectivity index is 1.75. The highest BCUT2D eigenvalue weighted by molar-refractivity contribution is 8.01. The van der Waals surface area contributed by atoms with Crippen molar-refractivity contribution >= 4 is 17.7 Å². The average Bonchev–Trinajstić information content (AvgIpc) is 2.64. The van der Waals surface area contributed by atoms with Gasteiger partial charge >= 0.3 is 0 Å². The Morgan fingerprint density at radius 3 is 2.67 bits per heavy atom. The lowest BCUT2D eigenvalue weighted by molar-refractivity contribution is -0.142. The molecule has 0 spiro atoms. The van der Waals surface area contributed by atoms with E-state index in [0.717, 1.165) is 12.1 Å². The van der Waals surface area contributed by atoms with Gasteiger partial charge in [-0.2, -0.15) is 0 Å². The molecule has 2 rings (SSSR count). The smallest absolute Gasteiger partial charge is 0.247 e. The number of carbonyl (C=O) groups is 1. The van der Waals surface area contributed by atoms with Crippen LogP contribution in [-0.4, -0.2) is 33.0 Å². The summed E-state index contributed by atoms with van der Waals surface area (Å²) < 4.78 is -0.0137. The summed E-state index contributed by atoms with van der Waals surface area (Å²) in [7, 11) is 0. The highest BCUT2D eigenvalue weighted by Crippen LogP contribution is 2.52. The summed E-state index contributed by atoms with van der Waals surface area (Å²) in [6.07, 6.45) is 7.70. The molecule has 0 radical (unpaired) electrons. The average molecular weight is 311 g/mol. The predicted octanol–water partition coefficient (Wildman–Crippen LogP) is 3.90. The van der Waals surface area contributed by atoms with Gasteiger partial charge in [-0.05, 0) is 27.2 Å². The minimum absolute atomic E-state index is 0.0137. The molecule has 0 aromatic carbocycles. The van der Waals surface area contributed by atoms with Crippen molar-refractivity contribution in [3.05, 3.63) is 12.3 Å². The maximum Gasteiger partial charge on any atom is 0.247 e. The maximum absolute atomic E-state index is 12.3. The molecule has 2 aliphatic rings. The largest absolute Gasteiger partial charge is 0.301 e. The molecule has 1 amide bonds. The number of β-lactam (4-membered cyclic amide) rings is 1. The van der Waals surface area contributed by atoms with Crippen LogP contribution < -0.4 is 5.32 Å². The number of nitrogens with one attached hydrogen (secondary N) is 1. The van der Waals surface area contributed by atoms with Gasteiger partial charge in [-0.1, -0.05) is 45.6 Å².